The van der Waals surface area contributed by atoms with Crippen LogP contribution in [0, 0.1) is 0 Å². The van der Waals surface area contributed by atoms with E-state index >= 15 is 0 Å². The van der Waals surface area contributed by atoms with Crippen LogP contribution in [0.25, 0.3) is 0 Å². The molecule has 0 radical (unpaired) electrons. The van der Waals surface area contributed by atoms with E-state index in [2.05, 4.69) is 41.7 Å². The second kappa shape index (κ2) is 5.42. The molecular formula is C14H16NO-. The smallest absolute Gasteiger partial charge is 0.119 e. The number of ether oxygens (including phenoxy) is 1. The zero-order valence-electron chi connectivity index (χ0n) is 9.44. The van der Waals surface area contributed by atoms with Crippen LogP contribution in [0.1, 0.15) is 11.1 Å². The van der Waals surface area contributed by atoms with Gasteiger partial charge in [0, 0.05) is 6.54 Å². The fraction of sp³-hybridized carbons (Fsp3) is 0.214. The summed E-state index contributed by atoms with van der Waals surface area (Å²) < 4.78 is 5.18. The molecule has 2 heteroatoms. The number of rotatable bonds is 5. The van der Waals surface area contributed by atoms with Gasteiger partial charge in [0.2, 0.25) is 0 Å². The zero-order chi connectivity index (χ0) is 11.2. The molecule has 0 bridgehead atoms. The van der Waals surface area contributed by atoms with Crippen LogP contribution in [0.2, 0.25) is 0 Å². The standard InChI is InChI=1S/C14H16NO/c1-16-14-8-4-7-13(9-14)11-15-10-12-5-2-3-6-12/h2-9,15H,10-11H2,1H3/q-1. The van der Waals surface area contributed by atoms with Gasteiger partial charge in [-0.05, 0) is 24.2 Å². The summed E-state index contributed by atoms with van der Waals surface area (Å²) in [6.45, 7) is 1.77. The molecule has 2 aromatic carbocycles. The number of hydrogen-bond donors (Lipinski definition) is 1. The Morgan fingerprint density at radius 3 is 2.81 bits per heavy atom. The van der Waals surface area contributed by atoms with Gasteiger partial charge in [0.25, 0.3) is 0 Å². The maximum atomic E-state index is 5.18. The minimum atomic E-state index is 0.863. The maximum absolute atomic E-state index is 5.18. The van der Waals surface area contributed by atoms with Crippen molar-refractivity contribution in [3.63, 3.8) is 0 Å². The van der Waals surface area contributed by atoms with E-state index in [0.29, 0.717) is 0 Å². The Labute approximate surface area is 96.2 Å². The maximum Gasteiger partial charge on any atom is 0.119 e. The molecule has 0 aliphatic heterocycles. The van der Waals surface area contributed by atoms with Gasteiger partial charge in [0.05, 0.1) is 7.11 Å². The normalized spacial score (nSPS) is 10.3. The summed E-state index contributed by atoms with van der Waals surface area (Å²) in [7, 11) is 1.69. The first-order chi connectivity index (χ1) is 7.88. The predicted molar refractivity (Wildman–Crippen MR) is 65.6 cm³/mol. The topological polar surface area (TPSA) is 21.3 Å². The molecule has 0 aliphatic rings. The van der Waals surface area contributed by atoms with E-state index in [1.165, 1.54) is 11.1 Å². The minimum absolute atomic E-state index is 0.863. The molecule has 0 aromatic heterocycles. The van der Waals surface area contributed by atoms with Gasteiger partial charge in [-0.15, -0.1) is 0 Å². The van der Waals surface area contributed by atoms with Crippen molar-refractivity contribution in [3.05, 3.63) is 59.7 Å². The largest absolute Gasteiger partial charge is 0.497 e. The first kappa shape index (κ1) is 10.8. The molecule has 1 N–H and O–H groups in total. The SMILES string of the molecule is COc1cccc(CNCc2cc[cH-]c2)c1. The predicted octanol–water partition coefficient (Wildman–Crippen LogP) is 2.70. The van der Waals surface area contributed by atoms with Crippen molar-refractivity contribution in [1.82, 2.24) is 5.32 Å². The molecule has 84 valence electrons. The highest BCUT2D eigenvalue weighted by Crippen LogP contribution is 2.12. The summed E-state index contributed by atoms with van der Waals surface area (Å²) >= 11 is 0. The van der Waals surface area contributed by atoms with E-state index < -0.39 is 0 Å². The Kier molecular flexibility index (Phi) is 3.67. The molecule has 2 nitrogen and oxygen atoms in total. The third-order valence-electron chi connectivity index (χ3n) is 2.52. The van der Waals surface area contributed by atoms with Crippen LogP contribution in [0.3, 0.4) is 0 Å². The molecule has 0 heterocycles. The summed E-state index contributed by atoms with van der Waals surface area (Å²) in [5, 5.41) is 3.40. The number of methoxy groups -OCH3 is 1. The van der Waals surface area contributed by atoms with Crippen LogP contribution >= 0.6 is 0 Å². The van der Waals surface area contributed by atoms with Crippen molar-refractivity contribution in [1.29, 1.82) is 0 Å². The summed E-state index contributed by atoms with van der Waals surface area (Å²) in [6, 6.07) is 16.5. The highest BCUT2D eigenvalue weighted by atomic mass is 16.5. The summed E-state index contributed by atoms with van der Waals surface area (Å²) in [6.07, 6.45) is 0. The van der Waals surface area contributed by atoms with Gasteiger partial charge in [0.15, 0.2) is 0 Å². The van der Waals surface area contributed by atoms with E-state index in [-0.39, 0.29) is 0 Å². The van der Waals surface area contributed by atoms with Gasteiger partial charge in [0.1, 0.15) is 5.75 Å². The van der Waals surface area contributed by atoms with Crippen LogP contribution in [0.5, 0.6) is 5.75 Å². The fourth-order valence-electron chi connectivity index (χ4n) is 1.67. The molecule has 0 saturated heterocycles. The second-order valence-electron chi connectivity index (χ2n) is 3.75. The zero-order valence-corrected chi connectivity index (χ0v) is 9.44. The van der Waals surface area contributed by atoms with Crippen molar-refractivity contribution in [2.75, 3.05) is 7.11 Å². The van der Waals surface area contributed by atoms with Crippen LogP contribution in [0.4, 0.5) is 0 Å². The van der Waals surface area contributed by atoms with Gasteiger partial charge < -0.3 is 10.1 Å². The third-order valence-corrected chi connectivity index (χ3v) is 2.52. The average molecular weight is 214 g/mol. The van der Waals surface area contributed by atoms with Gasteiger partial charge in [-0.1, -0.05) is 12.1 Å². The van der Waals surface area contributed by atoms with Crippen LogP contribution in [-0.2, 0) is 13.1 Å². The van der Waals surface area contributed by atoms with Crippen LogP contribution < -0.4 is 10.1 Å². The van der Waals surface area contributed by atoms with Crippen LogP contribution in [0.15, 0.2) is 48.5 Å². The summed E-state index contributed by atoms with van der Waals surface area (Å²) in [5.41, 5.74) is 2.56. The molecule has 0 unspecified atom stereocenters. The van der Waals surface area contributed by atoms with Gasteiger partial charge in [-0.2, -0.15) is 23.8 Å². The van der Waals surface area contributed by atoms with Gasteiger partial charge in [-0.3, -0.25) is 0 Å². The summed E-state index contributed by atoms with van der Waals surface area (Å²) in [4.78, 5) is 0. The van der Waals surface area contributed by atoms with E-state index in [4.69, 9.17) is 4.74 Å². The first-order valence-electron chi connectivity index (χ1n) is 5.43. The third kappa shape index (κ3) is 2.91. The van der Waals surface area contributed by atoms with E-state index in [0.717, 1.165) is 18.8 Å². The molecular weight excluding hydrogens is 198 g/mol. The Morgan fingerprint density at radius 1 is 1.19 bits per heavy atom. The number of hydrogen-bond acceptors (Lipinski definition) is 2. The molecule has 16 heavy (non-hydrogen) atoms. The molecule has 0 saturated carbocycles. The average Bonchev–Trinajstić information content (AvgIpc) is 2.82. The van der Waals surface area contributed by atoms with E-state index in [1.807, 2.05) is 12.1 Å². The Hall–Kier alpha value is -1.67. The van der Waals surface area contributed by atoms with Crippen molar-refractivity contribution < 1.29 is 4.74 Å². The quantitative estimate of drug-likeness (QED) is 0.773. The number of nitrogens with one attached hydrogen (secondary N) is 1. The van der Waals surface area contributed by atoms with Crippen molar-refractivity contribution in [2.45, 2.75) is 13.1 Å². The van der Waals surface area contributed by atoms with Crippen molar-refractivity contribution in [3.8, 4) is 5.75 Å². The lowest BCUT2D eigenvalue weighted by molar-refractivity contribution is 0.414. The second-order valence-corrected chi connectivity index (χ2v) is 3.75. The number of benzene rings is 1. The van der Waals surface area contributed by atoms with Crippen molar-refractivity contribution in [2.24, 2.45) is 0 Å². The molecule has 2 aromatic rings. The van der Waals surface area contributed by atoms with Gasteiger partial charge in [-0.25, -0.2) is 6.07 Å². The van der Waals surface area contributed by atoms with E-state index in [1.54, 1.807) is 7.11 Å². The fourth-order valence-corrected chi connectivity index (χ4v) is 1.67. The molecule has 0 fully saturated rings. The Balaban J connectivity index is 1.85. The lowest BCUT2D eigenvalue weighted by Crippen LogP contribution is -2.12. The molecule has 0 aliphatic carbocycles. The highest BCUT2D eigenvalue weighted by molar-refractivity contribution is 5.28. The summed E-state index contributed by atoms with van der Waals surface area (Å²) in [5.74, 6) is 0.910. The molecule has 0 atom stereocenters. The van der Waals surface area contributed by atoms with Gasteiger partial charge >= 0.3 is 0 Å². The lowest BCUT2D eigenvalue weighted by atomic mass is 10.2. The molecule has 0 spiro atoms. The first-order valence-corrected chi connectivity index (χ1v) is 5.43. The Morgan fingerprint density at radius 2 is 2.06 bits per heavy atom. The molecule has 0 amide bonds. The van der Waals surface area contributed by atoms with Crippen molar-refractivity contribution >= 4 is 0 Å². The van der Waals surface area contributed by atoms with Crippen LogP contribution in [-0.4, -0.2) is 7.11 Å². The monoisotopic (exact) mass is 214 g/mol. The lowest BCUT2D eigenvalue weighted by Gasteiger charge is -2.08. The minimum Gasteiger partial charge on any atom is -0.497 e. The van der Waals surface area contributed by atoms with E-state index in [9.17, 15) is 0 Å². The highest BCUT2D eigenvalue weighted by Gasteiger charge is 1.94. The molecule has 2 rings (SSSR count). The Bertz CT molecular complexity index is 420.